The first-order valence-corrected chi connectivity index (χ1v) is 6.97. The lowest BCUT2D eigenvalue weighted by molar-refractivity contribution is -0.138. The van der Waals surface area contributed by atoms with Crippen LogP contribution in [0.3, 0.4) is 0 Å². The largest absolute Gasteiger partial charge is 0.417 e. The van der Waals surface area contributed by atoms with Crippen LogP contribution in [0.25, 0.3) is 0 Å². The van der Waals surface area contributed by atoms with Gasteiger partial charge in [0, 0.05) is 12.7 Å². The fraction of sp³-hybridized carbons (Fsp3) is 0.571. The van der Waals surface area contributed by atoms with Crippen molar-refractivity contribution in [3.63, 3.8) is 0 Å². The van der Waals surface area contributed by atoms with Gasteiger partial charge in [-0.1, -0.05) is 0 Å². The molecule has 1 spiro atoms. The molecular formula is C14H16F3N3O. The maximum Gasteiger partial charge on any atom is 0.417 e. The van der Waals surface area contributed by atoms with Gasteiger partial charge in [0.15, 0.2) is 0 Å². The van der Waals surface area contributed by atoms with Gasteiger partial charge in [-0.25, -0.2) is 0 Å². The van der Waals surface area contributed by atoms with E-state index in [0.717, 1.165) is 38.2 Å². The number of halogens is 3. The number of carbonyl (C=O) groups is 1. The van der Waals surface area contributed by atoms with E-state index in [2.05, 4.69) is 10.3 Å². The molecule has 4 nitrogen and oxygen atoms in total. The number of nitrogens with zero attached hydrogens (tertiary/aromatic N) is 2. The summed E-state index contributed by atoms with van der Waals surface area (Å²) in [5.41, 5.74) is -0.983. The smallest absolute Gasteiger partial charge is 0.317 e. The number of amides is 1. The average molecular weight is 299 g/mol. The summed E-state index contributed by atoms with van der Waals surface area (Å²) >= 11 is 0. The SMILES string of the molecule is O=C1N(c2cncc(C(F)(F)F)c2)CCC12CCNCC2. The summed E-state index contributed by atoms with van der Waals surface area (Å²) in [6.45, 7) is 2.02. The Kier molecular flexibility index (Phi) is 3.39. The van der Waals surface area contributed by atoms with Gasteiger partial charge >= 0.3 is 6.18 Å². The Morgan fingerprint density at radius 2 is 1.90 bits per heavy atom. The number of nitrogens with one attached hydrogen (secondary N) is 1. The minimum atomic E-state index is -4.45. The van der Waals surface area contributed by atoms with Crippen LogP contribution in [0.2, 0.25) is 0 Å². The zero-order valence-electron chi connectivity index (χ0n) is 11.4. The van der Waals surface area contributed by atoms with Crippen molar-refractivity contribution in [2.75, 3.05) is 24.5 Å². The van der Waals surface area contributed by atoms with E-state index in [0.29, 0.717) is 13.0 Å². The quantitative estimate of drug-likeness (QED) is 0.865. The van der Waals surface area contributed by atoms with Crippen molar-refractivity contribution >= 4 is 11.6 Å². The molecule has 0 saturated carbocycles. The van der Waals surface area contributed by atoms with Crippen molar-refractivity contribution in [2.45, 2.75) is 25.4 Å². The van der Waals surface area contributed by atoms with Crippen LogP contribution in [0.15, 0.2) is 18.5 Å². The number of pyridine rings is 1. The van der Waals surface area contributed by atoms with Gasteiger partial charge in [-0.3, -0.25) is 9.78 Å². The van der Waals surface area contributed by atoms with Crippen molar-refractivity contribution in [1.29, 1.82) is 0 Å². The molecule has 0 radical (unpaired) electrons. The molecule has 3 rings (SSSR count). The molecule has 1 aromatic heterocycles. The van der Waals surface area contributed by atoms with Gasteiger partial charge < -0.3 is 10.2 Å². The fourth-order valence-corrected chi connectivity index (χ4v) is 3.17. The summed E-state index contributed by atoms with van der Waals surface area (Å²) in [5.74, 6) is -0.0647. The van der Waals surface area contributed by atoms with E-state index < -0.39 is 17.2 Å². The van der Waals surface area contributed by atoms with E-state index >= 15 is 0 Å². The number of hydrogen-bond acceptors (Lipinski definition) is 3. The molecule has 2 fully saturated rings. The third-order valence-electron chi connectivity index (χ3n) is 4.44. The van der Waals surface area contributed by atoms with E-state index in [9.17, 15) is 18.0 Å². The van der Waals surface area contributed by atoms with E-state index in [1.807, 2.05) is 0 Å². The molecule has 0 atom stereocenters. The van der Waals surface area contributed by atoms with Crippen LogP contribution in [0, 0.1) is 5.41 Å². The van der Waals surface area contributed by atoms with Crippen LogP contribution >= 0.6 is 0 Å². The number of rotatable bonds is 1. The average Bonchev–Trinajstić information content (AvgIpc) is 2.76. The van der Waals surface area contributed by atoms with Crippen molar-refractivity contribution < 1.29 is 18.0 Å². The predicted molar refractivity (Wildman–Crippen MR) is 70.7 cm³/mol. The van der Waals surface area contributed by atoms with Gasteiger partial charge in [0.25, 0.3) is 0 Å². The molecule has 1 amide bonds. The molecular weight excluding hydrogens is 283 g/mol. The highest BCUT2D eigenvalue weighted by molar-refractivity contribution is 5.99. The highest BCUT2D eigenvalue weighted by Gasteiger charge is 2.47. The Balaban J connectivity index is 1.87. The summed E-state index contributed by atoms with van der Waals surface area (Å²) in [6.07, 6.45) is -0.150. The van der Waals surface area contributed by atoms with E-state index in [-0.39, 0.29) is 11.6 Å². The number of anilines is 1. The van der Waals surface area contributed by atoms with Crippen molar-refractivity contribution in [3.05, 3.63) is 24.0 Å². The highest BCUT2D eigenvalue weighted by atomic mass is 19.4. The lowest BCUT2D eigenvalue weighted by atomic mass is 9.78. The van der Waals surface area contributed by atoms with Gasteiger partial charge in [0.05, 0.1) is 22.9 Å². The van der Waals surface area contributed by atoms with Gasteiger partial charge in [0.1, 0.15) is 0 Å². The lowest BCUT2D eigenvalue weighted by Crippen LogP contribution is -2.42. The summed E-state index contributed by atoms with van der Waals surface area (Å²) in [5, 5.41) is 3.21. The minimum Gasteiger partial charge on any atom is -0.317 e. The molecule has 0 aromatic carbocycles. The Labute approximate surface area is 120 Å². The van der Waals surface area contributed by atoms with E-state index in [1.165, 1.54) is 11.1 Å². The molecule has 2 saturated heterocycles. The molecule has 7 heteroatoms. The third kappa shape index (κ3) is 2.50. The molecule has 0 bridgehead atoms. The topological polar surface area (TPSA) is 45.2 Å². The zero-order chi connectivity index (χ0) is 15.1. The maximum atomic E-state index is 12.7. The van der Waals surface area contributed by atoms with Crippen LogP contribution in [-0.4, -0.2) is 30.5 Å². The molecule has 1 N–H and O–H groups in total. The third-order valence-corrected chi connectivity index (χ3v) is 4.44. The Morgan fingerprint density at radius 3 is 2.57 bits per heavy atom. The van der Waals surface area contributed by atoms with Crippen LogP contribution in [-0.2, 0) is 11.0 Å². The van der Waals surface area contributed by atoms with Gasteiger partial charge in [-0.15, -0.1) is 0 Å². The maximum absolute atomic E-state index is 12.7. The van der Waals surface area contributed by atoms with Crippen molar-refractivity contribution in [3.8, 4) is 0 Å². The summed E-state index contributed by atoms with van der Waals surface area (Å²) in [7, 11) is 0. The van der Waals surface area contributed by atoms with Crippen LogP contribution in [0.5, 0.6) is 0 Å². The molecule has 2 aliphatic rings. The van der Waals surface area contributed by atoms with Gasteiger partial charge in [-0.05, 0) is 38.4 Å². The number of piperidine rings is 1. The molecule has 0 aliphatic carbocycles. The number of hydrogen-bond donors (Lipinski definition) is 1. The van der Waals surface area contributed by atoms with Crippen LogP contribution in [0.4, 0.5) is 18.9 Å². The Morgan fingerprint density at radius 1 is 1.19 bits per heavy atom. The molecule has 1 aromatic rings. The lowest BCUT2D eigenvalue weighted by Gasteiger charge is -2.32. The van der Waals surface area contributed by atoms with Crippen LogP contribution < -0.4 is 10.2 Å². The monoisotopic (exact) mass is 299 g/mol. The molecule has 21 heavy (non-hydrogen) atoms. The number of alkyl halides is 3. The first-order valence-electron chi connectivity index (χ1n) is 6.97. The van der Waals surface area contributed by atoms with Crippen molar-refractivity contribution in [1.82, 2.24) is 10.3 Å². The second kappa shape index (κ2) is 4.98. The molecule has 114 valence electrons. The normalized spacial score (nSPS) is 22.0. The van der Waals surface area contributed by atoms with Crippen molar-refractivity contribution in [2.24, 2.45) is 5.41 Å². The number of carbonyl (C=O) groups excluding carboxylic acids is 1. The predicted octanol–water partition coefficient (Wildman–Crippen LogP) is 2.21. The summed E-state index contributed by atoms with van der Waals surface area (Å²) in [6, 6.07) is 1.00. The second-order valence-corrected chi connectivity index (χ2v) is 5.67. The van der Waals surface area contributed by atoms with E-state index in [4.69, 9.17) is 0 Å². The highest BCUT2D eigenvalue weighted by Crippen LogP contribution is 2.42. The standard InChI is InChI=1S/C14H16F3N3O/c15-14(16,17)10-7-11(9-19-8-10)20-6-3-13(12(20)21)1-4-18-5-2-13/h7-9,18H,1-6H2. The van der Waals surface area contributed by atoms with Crippen LogP contribution in [0.1, 0.15) is 24.8 Å². The van der Waals surface area contributed by atoms with E-state index in [1.54, 1.807) is 0 Å². The minimum absolute atomic E-state index is 0.0647. The molecule has 3 heterocycles. The van der Waals surface area contributed by atoms with Gasteiger partial charge in [-0.2, -0.15) is 13.2 Å². The van der Waals surface area contributed by atoms with Gasteiger partial charge in [0.2, 0.25) is 5.91 Å². The molecule has 2 aliphatic heterocycles. The first kappa shape index (κ1) is 14.3. The summed E-state index contributed by atoms with van der Waals surface area (Å²) in [4.78, 5) is 17.7. The molecule has 0 unspecified atom stereocenters. The zero-order valence-corrected chi connectivity index (χ0v) is 11.4. The second-order valence-electron chi connectivity index (χ2n) is 5.67. The Hall–Kier alpha value is -1.63. The fourth-order valence-electron chi connectivity index (χ4n) is 3.17. The number of aromatic nitrogens is 1. The first-order chi connectivity index (χ1) is 9.92. The summed E-state index contributed by atoms with van der Waals surface area (Å²) < 4.78 is 38.2. The Bertz CT molecular complexity index is 553.